The molecular weight excluding hydrogens is 741 g/mol. The molecule has 0 aliphatic carbocycles. The molecule has 0 fully saturated rings. The number of aromatic nitrogens is 2. The first kappa shape index (κ1) is 34.9. The molecule has 3 nitrogen and oxygen atoms in total. The highest BCUT2D eigenvalue weighted by molar-refractivity contribution is 6.29. The number of fused-ring (bicyclic) bond motifs is 6. The second kappa shape index (κ2) is 14.3. The van der Waals surface area contributed by atoms with Crippen LogP contribution in [0.2, 0.25) is 0 Å². The van der Waals surface area contributed by atoms with Gasteiger partial charge in [0.1, 0.15) is 11.3 Å². The first-order chi connectivity index (χ1) is 30.2. The molecule has 2 aromatic heterocycles. The Labute approximate surface area is 352 Å². The van der Waals surface area contributed by atoms with E-state index in [1.54, 1.807) is 0 Å². The van der Waals surface area contributed by atoms with Crippen molar-refractivity contribution in [1.82, 2.24) is 9.97 Å². The predicted molar refractivity (Wildman–Crippen MR) is 254 cm³/mol. The van der Waals surface area contributed by atoms with Gasteiger partial charge in [-0.1, -0.05) is 194 Å². The third-order valence-corrected chi connectivity index (χ3v) is 12.1. The van der Waals surface area contributed by atoms with Crippen molar-refractivity contribution in [2.45, 2.75) is 0 Å². The van der Waals surface area contributed by atoms with Crippen molar-refractivity contribution >= 4 is 54.1 Å². The van der Waals surface area contributed by atoms with Crippen molar-refractivity contribution in [1.29, 1.82) is 0 Å². The molecule has 12 rings (SSSR count). The van der Waals surface area contributed by atoms with E-state index < -0.39 is 0 Å². The first-order valence-corrected chi connectivity index (χ1v) is 20.7. The SMILES string of the molecule is c1ccc(-c2nc(-c3cccc(-c4cc5ccccc5o4)c3)cc(-c3ccc(-c4c5ccccc5c(-c5ccccc5)c5c4ccc4ccccc45)c4ccccc34)n2)cc1. The Bertz CT molecular complexity index is 3610. The van der Waals surface area contributed by atoms with Crippen molar-refractivity contribution in [2.75, 3.05) is 0 Å². The highest BCUT2D eigenvalue weighted by Crippen LogP contribution is 2.48. The summed E-state index contributed by atoms with van der Waals surface area (Å²) in [5.74, 6) is 1.50. The van der Waals surface area contributed by atoms with Crippen LogP contribution in [0.4, 0.5) is 0 Å². The summed E-state index contributed by atoms with van der Waals surface area (Å²) in [7, 11) is 0. The Balaban J connectivity index is 1.09. The number of benzene rings is 10. The number of nitrogens with zero attached hydrogens (tertiary/aromatic N) is 2. The highest BCUT2D eigenvalue weighted by Gasteiger charge is 2.21. The predicted octanol–water partition coefficient (Wildman–Crippen LogP) is 15.8. The fourth-order valence-corrected chi connectivity index (χ4v) is 9.29. The second-order valence-electron chi connectivity index (χ2n) is 15.6. The molecule has 2 heterocycles. The summed E-state index contributed by atoms with van der Waals surface area (Å²) in [5.41, 5.74) is 11.5. The molecule has 0 spiro atoms. The van der Waals surface area contributed by atoms with Crippen LogP contribution in [-0.4, -0.2) is 9.97 Å². The average Bonchev–Trinajstić information content (AvgIpc) is 3.78. The van der Waals surface area contributed by atoms with Gasteiger partial charge in [0.05, 0.1) is 11.4 Å². The van der Waals surface area contributed by atoms with Crippen LogP contribution in [0.1, 0.15) is 0 Å². The Morgan fingerprint density at radius 1 is 0.311 bits per heavy atom. The van der Waals surface area contributed by atoms with E-state index in [4.69, 9.17) is 14.4 Å². The highest BCUT2D eigenvalue weighted by atomic mass is 16.3. The Morgan fingerprint density at radius 2 is 0.885 bits per heavy atom. The molecule has 3 heteroatoms. The summed E-state index contributed by atoms with van der Waals surface area (Å²) >= 11 is 0. The van der Waals surface area contributed by atoms with Gasteiger partial charge in [0.2, 0.25) is 0 Å². The molecule has 61 heavy (non-hydrogen) atoms. The molecule has 0 saturated heterocycles. The Kier molecular flexibility index (Phi) is 8.17. The van der Waals surface area contributed by atoms with E-state index >= 15 is 0 Å². The lowest BCUT2D eigenvalue weighted by molar-refractivity contribution is 0.631. The zero-order valence-corrected chi connectivity index (χ0v) is 33.1. The topological polar surface area (TPSA) is 38.9 Å². The molecule has 0 N–H and O–H groups in total. The minimum Gasteiger partial charge on any atom is -0.456 e. The normalized spacial score (nSPS) is 11.6. The van der Waals surface area contributed by atoms with Gasteiger partial charge >= 0.3 is 0 Å². The summed E-state index contributed by atoms with van der Waals surface area (Å²) < 4.78 is 6.30. The third-order valence-electron chi connectivity index (χ3n) is 12.1. The lowest BCUT2D eigenvalue weighted by Gasteiger charge is -2.21. The molecule has 0 unspecified atom stereocenters. The van der Waals surface area contributed by atoms with Crippen LogP contribution in [0, 0.1) is 0 Å². The third kappa shape index (κ3) is 5.90. The quantitative estimate of drug-likeness (QED) is 0.125. The molecule has 0 aliphatic rings. The maximum absolute atomic E-state index is 6.30. The molecule has 0 radical (unpaired) electrons. The van der Waals surface area contributed by atoms with Crippen LogP contribution in [0.5, 0.6) is 0 Å². The summed E-state index contributed by atoms with van der Waals surface area (Å²) in [6, 6.07) is 77.6. The lowest BCUT2D eigenvalue weighted by Crippen LogP contribution is -1.97. The Hall–Kier alpha value is -8.14. The van der Waals surface area contributed by atoms with E-state index in [0.29, 0.717) is 5.82 Å². The zero-order valence-electron chi connectivity index (χ0n) is 33.1. The van der Waals surface area contributed by atoms with Crippen LogP contribution in [0.3, 0.4) is 0 Å². The number of rotatable bonds is 6. The van der Waals surface area contributed by atoms with Crippen LogP contribution < -0.4 is 0 Å². The maximum atomic E-state index is 6.30. The summed E-state index contributed by atoms with van der Waals surface area (Å²) in [5, 5.41) is 10.8. The monoisotopic (exact) mass is 776 g/mol. The van der Waals surface area contributed by atoms with Gasteiger partial charge in [-0.05, 0) is 89.6 Å². The number of hydrogen-bond donors (Lipinski definition) is 0. The minimum atomic E-state index is 0.677. The minimum absolute atomic E-state index is 0.677. The van der Waals surface area contributed by atoms with Gasteiger partial charge in [-0.25, -0.2) is 9.97 Å². The van der Waals surface area contributed by atoms with Gasteiger partial charge in [0.25, 0.3) is 0 Å². The van der Waals surface area contributed by atoms with Crippen molar-refractivity contribution in [3.8, 4) is 67.5 Å². The van der Waals surface area contributed by atoms with Gasteiger partial charge in [-0.15, -0.1) is 0 Å². The maximum Gasteiger partial charge on any atom is 0.160 e. The van der Waals surface area contributed by atoms with Crippen LogP contribution in [0.25, 0.3) is 122 Å². The molecule has 284 valence electrons. The fraction of sp³-hybridized carbons (Fsp3) is 0. The van der Waals surface area contributed by atoms with Crippen LogP contribution in [0.15, 0.2) is 223 Å². The number of para-hydroxylation sites is 1. The van der Waals surface area contributed by atoms with E-state index in [-0.39, 0.29) is 0 Å². The summed E-state index contributed by atoms with van der Waals surface area (Å²) in [6.07, 6.45) is 0. The zero-order chi connectivity index (χ0) is 40.3. The standard InChI is InChI=1S/C58H36N2O/c1-3-17-38(18-4-1)55-47-27-12-13-28-48(47)56(50-31-30-37-16-7-9-24-43(37)57(50)55)49-33-32-46(44-25-10-11-26-45(44)49)52-36-51(59-58(60-52)39-19-5-2-6-20-39)40-22-15-23-41(34-40)54-35-42-21-8-14-29-53(42)61-54/h1-36H. The second-order valence-corrected chi connectivity index (χ2v) is 15.6. The molecule has 0 amide bonds. The van der Waals surface area contributed by atoms with E-state index in [2.05, 4.69) is 182 Å². The van der Waals surface area contributed by atoms with Crippen molar-refractivity contribution in [3.05, 3.63) is 218 Å². The van der Waals surface area contributed by atoms with Crippen molar-refractivity contribution in [3.63, 3.8) is 0 Å². The number of furan rings is 1. The van der Waals surface area contributed by atoms with E-state index in [1.165, 1.54) is 60.0 Å². The van der Waals surface area contributed by atoms with Crippen LogP contribution in [-0.2, 0) is 0 Å². The van der Waals surface area contributed by atoms with Gasteiger partial charge in [-0.2, -0.15) is 0 Å². The van der Waals surface area contributed by atoms with E-state index in [9.17, 15) is 0 Å². The number of hydrogen-bond acceptors (Lipinski definition) is 3. The molecule has 0 aliphatic heterocycles. The van der Waals surface area contributed by atoms with Crippen LogP contribution >= 0.6 is 0 Å². The molecule has 10 aromatic carbocycles. The smallest absolute Gasteiger partial charge is 0.160 e. The summed E-state index contributed by atoms with van der Waals surface area (Å²) in [4.78, 5) is 10.5. The summed E-state index contributed by atoms with van der Waals surface area (Å²) in [6.45, 7) is 0. The lowest BCUT2D eigenvalue weighted by atomic mass is 9.82. The van der Waals surface area contributed by atoms with Gasteiger partial charge in [-0.3, -0.25) is 0 Å². The van der Waals surface area contributed by atoms with Crippen molar-refractivity contribution < 1.29 is 4.42 Å². The van der Waals surface area contributed by atoms with Gasteiger partial charge < -0.3 is 4.42 Å². The first-order valence-electron chi connectivity index (χ1n) is 20.7. The molecular formula is C58H36N2O. The van der Waals surface area contributed by atoms with Gasteiger partial charge in [0.15, 0.2) is 5.82 Å². The fourth-order valence-electron chi connectivity index (χ4n) is 9.29. The molecule has 12 aromatic rings. The average molecular weight is 777 g/mol. The van der Waals surface area contributed by atoms with Gasteiger partial charge in [0, 0.05) is 27.6 Å². The molecule has 0 bridgehead atoms. The Morgan fingerprint density at radius 3 is 1.66 bits per heavy atom. The molecule has 0 saturated carbocycles. The van der Waals surface area contributed by atoms with Crippen molar-refractivity contribution in [2.24, 2.45) is 0 Å². The largest absolute Gasteiger partial charge is 0.456 e. The van der Waals surface area contributed by atoms with E-state index in [0.717, 1.165) is 55.8 Å². The van der Waals surface area contributed by atoms with E-state index in [1.807, 2.05) is 36.4 Å². The molecule has 0 atom stereocenters.